The number of rotatable bonds is 2. The molecule has 0 aliphatic heterocycles. The van der Waals surface area contributed by atoms with Crippen LogP contribution >= 0.6 is 0 Å². The average molecular weight is 240 g/mol. The van der Waals surface area contributed by atoms with Gasteiger partial charge in [0.25, 0.3) is 0 Å². The Morgan fingerprint density at radius 1 is 1.17 bits per heavy atom. The molecule has 1 heterocycles. The molecular weight excluding hydrogens is 224 g/mol. The number of carbonyl (C=O) groups excluding carboxylic acids is 1. The van der Waals surface area contributed by atoms with Crippen LogP contribution in [-0.2, 0) is 12.8 Å². The molecule has 0 N–H and O–H groups in total. The van der Waals surface area contributed by atoms with Gasteiger partial charge in [0.05, 0.1) is 5.56 Å². The number of ketones is 1. The Hall–Kier alpha value is -1.83. The summed E-state index contributed by atoms with van der Waals surface area (Å²) >= 11 is 0. The van der Waals surface area contributed by atoms with Crippen molar-refractivity contribution in [1.82, 2.24) is 0 Å². The van der Waals surface area contributed by atoms with Crippen LogP contribution in [0.4, 0.5) is 0 Å². The Labute approximate surface area is 107 Å². The Morgan fingerprint density at radius 2 is 1.78 bits per heavy atom. The number of benzene rings is 1. The summed E-state index contributed by atoms with van der Waals surface area (Å²) in [6.07, 6.45) is 1.72. The van der Waals surface area contributed by atoms with Crippen LogP contribution in [0, 0.1) is 19.8 Å². The van der Waals surface area contributed by atoms with Crippen molar-refractivity contribution in [1.29, 1.82) is 0 Å². The number of fused-ring (bicyclic) bond motifs is 1. The van der Waals surface area contributed by atoms with Crippen molar-refractivity contribution < 1.29 is 9.21 Å². The van der Waals surface area contributed by atoms with Crippen molar-refractivity contribution in [2.24, 2.45) is 5.92 Å². The monoisotopic (exact) mass is 240 g/mol. The fourth-order valence-corrected chi connectivity index (χ4v) is 2.84. The number of hydrogen-bond acceptors (Lipinski definition) is 2. The van der Waals surface area contributed by atoms with Crippen molar-refractivity contribution in [2.75, 3.05) is 0 Å². The Kier molecular flexibility index (Phi) is 2.58. The largest absolute Gasteiger partial charge is 0.466 e. The minimum absolute atomic E-state index is 0.0816. The van der Waals surface area contributed by atoms with E-state index in [0.717, 1.165) is 29.9 Å². The van der Waals surface area contributed by atoms with Crippen LogP contribution < -0.4 is 0 Å². The van der Waals surface area contributed by atoms with Gasteiger partial charge in [0.15, 0.2) is 5.78 Å². The van der Waals surface area contributed by atoms with E-state index in [2.05, 4.69) is 12.1 Å². The van der Waals surface area contributed by atoms with E-state index in [1.54, 1.807) is 0 Å². The van der Waals surface area contributed by atoms with Gasteiger partial charge in [-0.1, -0.05) is 24.3 Å². The fourth-order valence-electron chi connectivity index (χ4n) is 2.84. The van der Waals surface area contributed by atoms with Gasteiger partial charge in [-0.05, 0) is 43.9 Å². The second-order valence-corrected chi connectivity index (χ2v) is 5.07. The van der Waals surface area contributed by atoms with E-state index in [1.165, 1.54) is 11.1 Å². The maximum absolute atomic E-state index is 12.5. The first-order valence-corrected chi connectivity index (χ1v) is 6.33. The molecule has 0 radical (unpaired) electrons. The lowest BCUT2D eigenvalue weighted by Crippen LogP contribution is -2.15. The number of hydrogen-bond donors (Lipinski definition) is 0. The van der Waals surface area contributed by atoms with Gasteiger partial charge in [-0.3, -0.25) is 4.79 Å². The van der Waals surface area contributed by atoms with Crippen molar-refractivity contribution in [2.45, 2.75) is 26.7 Å². The maximum atomic E-state index is 12.5. The first-order valence-electron chi connectivity index (χ1n) is 6.33. The molecule has 0 saturated carbocycles. The lowest BCUT2D eigenvalue weighted by molar-refractivity contribution is 0.0923. The van der Waals surface area contributed by atoms with Crippen LogP contribution in [0.15, 0.2) is 34.7 Å². The van der Waals surface area contributed by atoms with Crippen molar-refractivity contribution in [3.8, 4) is 0 Å². The molecule has 0 atom stereocenters. The molecule has 0 unspecified atom stereocenters. The number of carbonyl (C=O) groups is 1. The number of Topliss-reactive ketones (excluding diaryl/α,β-unsaturated/α-hetero) is 1. The Morgan fingerprint density at radius 3 is 2.28 bits per heavy atom. The molecule has 0 spiro atoms. The summed E-state index contributed by atoms with van der Waals surface area (Å²) in [5.41, 5.74) is 3.38. The Bertz CT molecular complexity index is 582. The summed E-state index contributed by atoms with van der Waals surface area (Å²) < 4.78 is 5.45. The van der Waals surface area contributed by atoms with Crippen LogP contribution in [0.25, 0.3) is 0 Å². The molecule has 18 heavy (non-hydrogen) atoms. The van der Waals surface area contributed by atoms with E-state index < -0.39 is 0 Å². The summed E-state index contributed by atoms with van der Waals surface area (Å²) in [4.78, 5) is 12.5. The molecule has 0 fully saturated rings. The topological polar surface area (TPSA) is 30.2 Å². The van der Waals surface area contributed by atoms with Crippen LogP contribution in [-0.4, -0.2) is 5.78 Å². The van der Waals surface area contributed by atoms with E-state index in [1.807, 2.05) is 32.0 Å². The molecule has 2 nitrogen and oxygen atoms in total. The SMILES string of the molecule is Cc1cc(C(=O)C2Cc3ccccc3C2)c(C)o1. The van der Waals surface area contributed by atoms with Crippen LogP contribution in [0.2, 0.25) is 0 Å². The normalized spacial score (nSPS) is 14.8. The van der Waals surface area contributed by atoms with Gasteiger partial charge < -0.3 is 4.42 Å². The first-order chi connectivity index (χ1) is 8.65. The highest BCUT2D eigenvalue weighted by Crippen LogP contribution is 2.30. The summed E-state index contributed by atoms with van der Waals surface area (Å²) in [5.74, 6) is 1.86. The van der Waals surface area contributed by atoms with Gasteiger partial charge in [-0.2, -0.15) is 0 Å². The third-order valence-electron chi connectivity index (χ3n) is 3.73. The zero-order chi connectivity index (χ0) is 12.7. The standard InChI is InChI=1S/C16H16O2/c1-10-7-15(11(2)18-10)16(17)14-8-12-5-3-4-6-13(12)9-14/h3-7,14H,8-9H2,1-2H3. The molecule has 0 amide bonds. The summed E-state index contributed by atoms with van der Waals surface area (Å²) in [6.45, 7) is 3.75. The molecule has 2 aromatic rings. The lowest BCUT2D eigenvalue weighted by atomic mass is 9.95. The van der Waals surface area contributed by atoms with Gasteiger partial charge >= 0.3 is 0 Å². The molecule has 2 heteroatoms. The first kappa shape index (κ1) is 11.3. The molecule has 3 rings (SSSR count). The van der Waals surface area contributed by atoms with E-state index in [9.17, 15) is 4.79 Å². The average Bonchev–Trinajstić information content (AvgIpc) is 2.91. The molecule has 92 valence electrons. The van der Waals surface area contributed by atoms with E-state index >= 15 is 0 Å². The third-order valence-corrected chi connectivity index (χ3v) is 3.73. The number of furan rings is 1. The van der Waals surface area contributed by atoms with Gasteiger partial charge in [0.2, 0.25) is 0 Å². The smallest absolute Gasteiger partial charge is 0.170 e. The van der Waals surface area contributed by atoms with E-state index in [-0.39, 0.29) is 11.7 Å². The van der Waals surface area contributed by atoms with Crippen LogP contribution in [0.5, 0.6) is 0 Å². The van der Waals surface area contributed by atoms with Gasteiger partial charge in [0.1, 0.15) is 11.5 Å². The summed E-state index contributed by atoms with van der Waals surface area (Å²) in [5, 5.41) is 0. The van der Waals surface area contributed by atoms with Crippen molar-refractivity contribution in [3.63, 3.8) is 0 Å². The highest BCUT2D eigenvalue weighted by molar-refractivity contribution is 5.99. The lowest BCUT2D eigenvalue weighted by Gasteiger charge is -2.06. The second kappa shape index (κ2) is 4.13. The van der Waals surface area contributed by atoms with Gasteiger partial charge in [0, 0.05) is 5.92 Å². The zero-order valence-corrected chi connectivity index (χ0v) is 10.7. The predicted octanol–water partition coefficient (Wildman–Crippen LogP) is 3.49. The van der Waals surface area contributed by atoms with Crippen LogP contribution in [0.3, 0.4) is 0 Å². The zero-order valence-electron chi connectivity index (χ0n) is 10.7. The van der Waals surface area contributed by atoms with Gasteiger partial charge in [-0.25, -0.2) is 0 Å². The van der Waals surface area contributed by atoms with Crippen molar-refractivity contribution in [3.05, 3.63) is 58.5 Å². The van der Waals surface area contributed by atoms with E-state index in [0.29, 0.717) is 0 Å². The summed E-state index contributed by atoms with van der Waals surface area (Å²) in [7, 11) is 0. The quantitative estimate of drug-likeness (QED) is 0.752. The summed E-state index contributed by atoms with van der Waals surface area (Å²) in [6, 6.07) is 10.2. The maximum Gasteiger partial charge on any atom is 0.170 e. The molecule has 0 saturated heterocycles. The minimum Gasteiger partial charge on any atom is -0.466 e. The highest BCUT2D eigenvalue weighted by Gasteiger charge is 2.29. The molecule has 1 aliphatic rings. The van der Waals surface area contributed by atoms with Crippen LogP contribution in [0.1, 0.15) is 33.0 Å². The van der Waals surface area contributed by atoms with Crippen molar-refractivity contribution >= 4 is 5.78 Å². The molecule has 1 aliphatic carbocycles. The number of aryl methyl sites for hydroxylation is 2. The van der Waals surface area contributed by atoms with E-state index in [4.69, 9.17) is 4.42 Å². The third kappa shape index (κ3) is 1.78. The second-order valence-electron chi connectivity index (χ2n) is 5.07. The minimum atomic E-state index is 0.0816. The molecular formula is C16H16O2. The fraction of sp³-hybridized carbons (Fsp3) is 0.312. The molecule has 1 aromatic heterocycles. The highest BCUT2D eigenvalue weighted by atomic mass is 16.3. The molecule has 1 aromatic carbocycles. The Balaban J connectivity index is 1.87. The predicted molar refractivity (Wildman–Crippen MR) is 69.9 cm³/mol. The van der Waals surface area contributed by atoms with Gasteiger partial charge in [-0.15, -0.1) is 0 Å². The molecule has 0 bridgehead atoms.